The lowest BCUT2D eigenvalue weighted by atomic mass is 10.0. The first kappa shape index (κ1) is 10.7. The predicted molar refractivity (Wildman–Crippen MR) is 61.9 cm³/mol. The SMILES string of the molecule is CC(=O)c1ccc(O)c(C2=CCNN2C)c1. The third-order valence-electron chi connectivity index (χ3n) is 2.66. The highest BCUT2D eigenvalue weighted by atomic mass is 16.3. The van der Waals surface area contributed by atoms with Gasteiger partial charge in [-0.2, -0.15) is 0 Å². The van der Waals surface area contributed by atoms with Crippen molar-refractivity contribution in [2.45, 2.75) is 6.92 Å². The predicted octanol–water partition coefficient (Wildman–Crippen LogP) is 1.39. The van der Waals surface area contributed by atoms with E-state index in [0.717, 1.165) is 12.2 Å². The van der Waals surface area contributed by atoms with Crippen LogP contribution in [-0.2, 0) is 0 Å². The highest BCUT2D eigenvalue weighted by Gasteiger charge is 2.16. The largest absolute Gasteiger partial charge is 0.507 e. The van der Waals surface area contributed by atoms with Gasteiger partial charge in [-0.05, 0) is 31.2 Å². The van der Waals surface area contributed by atoms with E-state index in [4.69, 9.17) is 0 Å². The maximum atomic E-state index is 11.3. The van der Waals surface area contributed by atoms with E-state index in [1.165, 1.54) is 6.92 Å². The van der Waals surface area contributed by atoms with Crippen LogP contribution in [0, 0.1) is 0 Å². The number of benzene rings is 1. The van der Waals surface area contributed by atoms with Gasteiger partial charge in [0.1, 0.15) is 5.75 Å². The van der Waals surface area contributed by atoms with Crippen LogP contribution in [0.3, 0.4) is 0 Å². The normalized spacial score (nSPS) is 15.1. The number of phenols is 1. The highest BCUT2D eigenvalue weighted by Crippen LogP contribution is 2.29. The second-order valence-electron chi connectivity index (χ2n) is 3.80. The zero-order valence-corrected chi connectivity index (χ0v) is 9.32. The van der Waals surface area contributed by atoms with E-state index in [0.29, 0.717) is 11.1 Å². The number of hydrogen-bond donors (Lipinski definition) is 2. The van der Waals surface area contributed by atoms with E-state index in [1.807, 2.05) is 18.1 Å². The lowest BCUT2D eigenvalue weighted by molar-refractivity contribution is 0.101. The summed E-state index contributed by atoms with van der Waals surface area (Å²) in [6.45, 7) is 2.25. The van der Waals surface area contributed by atoms with Gasteiger partial charge in [-0.1, -0.05) is 0 Å². The monoisotopic (exact) mass is 218 g/mol. The fraction of sp³-hybridized carbons (Fsp3) is 0.250. The first-order valence-electron chi connectivity index (χ1n) is 5.11. The standard InChI is InChI=1S/C12H14N2O2/c1-8(15)9-3-4-12(16)10(7-9)11-5-6-13-14(11)2/h3-5,7,13,16H,6H2,1-2H3. The summed E-state index contributed by atoms with van der Waals surface area (Å²) in [4.78, 5) is 11.3. The van der Waals surface area contributed by atoms with E-state index >= 15 is 0 Å². The van der Waals surface area contributed by atoms with E-state index in [-0.39, 0.29) is 11.5 Å². The molecule has 0 aliphatic carbocycles. The lowest BCUT2D eigenvalue weighted by Crippen LogP contribution is -2.26. The second kappa shape index (κ2) is 3.98. The minimum Gasteiger partial charge on any atom is -0.507 e. The maximum Gasteiger partial charge on any atom is 0.159 e. The van der Waals surface area contributed by atoms with Gasteiger partial charge in [0, 0.05) is 24.7 Å². The van der Waals surface area contributed by atoms with E-state index in [2.05, 4.69) is 5.43 Å². The third-order valence-corrected chi connectivity index (χ3v) is 2.66. The van der Waals surface area contributed by atoms with Gasteiger partial charge < -0.3 is 10.1 Å². The van der Waals surface area contributed by atoms with Crippen LogP contribution < -0.4 is 5.43 Å². The molecule has 0 radical (unpaired) electrons. The van der Waals surface area contributed by atoms with E-state index < -0.39 is 0 Å². The van der Waals surface area contributed by atoms with Crippen molar-refractivity contribution in [3.05, 3.63) is 35.4 Å². The zero-order chi connectivity index (χ0) is 11.7. The fourth-order valence-electron chi connectivity index (χ4n) is 1.75. The van der Waals surface area contributed by atoms with Crippen LogP contribution in [0.25, 0.3) is 5.70 Å². The van der Waals surface area contributed by atoms with Crippen LogP contribution in [0.15, 0.2) is 24.3 Å². The number of rotatable bonds is 2. The Bertz CT molecular complexity index is 466. The van der Waals surface area contributed by atoms with Crippen molar-refractivity contribution in [3.63, 3.8) is 0 Å². The number of Topliss-reactive ketones (excluding diaryl/α,β-unsaturated/α-hetero) is 1. The molecule has 0 bridgehead atoms. The van der Waals surface area contributed by atoms with Crippen LogP contribution in [0.5, 0.6) is 5.75 Å². The molecular formula is C12H14N2O2. The average molecular weight is 218 g/mol. The molecule has 0 saturated carbocycles. The first-order chi connectivity index (χ1) is 7.59. The molecule has 2 N–H and O–H groups in total. The van der Waals surface area contributed by atoms with Crippen molar-refractivity contribution in [2.75, 3.05) is 13.6 Å². The Morgan fingerprint density at radius 1 is 1.50 bits per heavy atom. The molecule has 1 aliphatic rings. The molecule has 0 saturated heterocycles. The summed E-state index contributed by atoms with van der Waals surface area (Å²) in [7, 11) is 1.87. The molecule has 0 unspecified atom stereocenters. The summed E-state index contributed by atoms with van der Waals surface area (Å²) in [6.07, 6.45) is 1.97. The molecule has 1 aromatic carbocycles. The molecule has 84 valence electrons. The Balaban J connectivity index is 2.47. The molecule has 2 rings (SSSR count). The van der Waals surface area contributed by atoms with Gasteiger partial charge in [0.25, 0.3) is 0 Å². The quantitative estimate of drug-likeness (QED) is 0.736. The number of hydrazine groups is 1. The molecule has 1 heterocycles. The van der Waals surface area contributed by atoms with Crippen LogP contribution in [-0.4, -0.2) is 29.5 Å². The van der Waals surface area contributed by atoms with Crippen molar-refractivity contribution < 1.29 is 9.90 Å². The van der Waals surface area contributed by atoms with Gasteiger partial charge in [-0.25, -0.2) is 5.43 Å². The maximum absolute atomic E-state index is 11.3. The Hall–Kier alpha value is -1.81. The van der Waals surface area contributed by atoms with Crippen LogP contribution in [0.1, 0.15) is 22.8 Å². The molecule has 1 aromatic rings. The lowest BCUT2D eigenvalue weighted by Gasteiger charge is -2.17. The molecule has 16 heavy (non-hydrogen) atoms. The topological polar surface area (TPSA) is 52.6 Å². The number of aromatic hydroxyl groups is 1. The van der Waals surface area contributed by atoms with E-state index in [9.17, 15) is 9.90 Å². The smallest absolute Gasteiger partial charge is 0.159 e. The Kier molecular flexibility index (Phi) is 2.66. The van der Waals surface area contributed by atoms with Crippen molar-refractivity contribution in [3.8, 4) is 5.75 Å². The number of ketones is 1. The number of phenolic OH excluding ortho intramolecular Hbond substituents is 1. The van der Waals surface area contributed by atoms with Crippen LogP contribution in [0.2, 0.25) is 0 Å². The summed E-state index contributed by atoms with van der Waals surface area (Å²) < 4.78 is 0. The van der Waals surface area contributed by atoms with Crippen LogP contribution >= 0.6 is 0 Å². The summed E-state index contributed by atoms with van der Waals surface area (Å²) >= 11 is 0. The number of nitrogens with zero attached hydrogens (tertiary/aromatic N) is 1. The summed E-state index contributed by atoms with van der Waals surface area (Å²) in [6, 6.07) is 4.90. The Morgan fingerprint density at radius 3 is 2.81 bits per heavy atom. The summed E-state index contributed by atoms with van der Waals surface area (Å²) in [5.41, 5.74) is 5.26. The van der Waals surface area contributed by atoms with Gasteiger partial charge in [0.05, 0.1) is 5.70 Å². The molecule has 0 aromatic heterocycles. The van der Waals surface area contributed by atoms with Gasteiger partial charge in [0.15, 0.2) is 5.78 Å². The Labute approximate surface area is 94.2 Å². The van der Waals surface area contributed by atoms with Crippen molar-refractivity contribution in [2.24, 2.45) is 0 Å². The summed E-state index contributed by atoms with van der Waals surface area (Å²) in [5, 5.41) is 11.6. The third kappa shape index (κ3) is 1.79. The van der Waals surface area contributed by atoms with Gasteiger partial charge >= 0.3 is 0 Å². The molecule has 4 nitrogen and oxygen atoms in total. The van der Waals surface area contributed by atoms with Gasteiger partial charge in [0.2, 0.25) is 0 Å². The van der Waals surface area contributed by atoms with Crippen molar-refractivity contribution in [1.82, 2.24) is 10.4 Å². The minimum atomic E-state index is -0.00420. The molecule has 0 fully saturated rings. The fourth-order valence-corrected chi connectivity index (χ4v) is 1.75. The molecule has 0 amide bonds. The average Bonchev–Trinajstić information content (AvgIpc) is 2.65. The van der Waals surface area contributed by atoms with Crippen molar-refractivity contribution >= 4 is 11.5 Å². The number of nitrogens with one attached hydrogen (secondary N) is 1. The molecule has 0 spiro atoms. The second-order valence-corrected chi connectivity index (χ2v) is 3.80. The number of hydrogen-bond acceptors (Lipinski definition) is 4. The van der Waals surface area contributed by atoms with Gasteiger partial charge in [-0.3, -0.25) is 4.79 Å². The first-order valence-corrected chi connectivity index (χ1v) is 5.11. The molecule has 4 heteroatoms. The Morgan fingerprint density at radius 2 is 2.25 bits per heavy atom. The highest BCUT2D eigenvalue weighted by molar-refractivity contribution is 5.95. The number of carbonyl (C=O) groups is 1. The molecular weight excluding hydrogens is 204 g/mol. The minimum absolute atomic E-state index is 0.00420. The molecule has 0 atom stereocenters. The van der Waals surface area contributed by atoms with Gasteiger partial charge in [-0.15, -0.1) is 0 Å². The number of carbonyl (C=O) groups excluding carboxylic acids is 1. The van der Waals surface area contributed by atoms with Crippen LogP contribution in [0.4, 0.5) is 0 Å². The van der Waals surface area contributed by atoms with E-state index in [1.54, 1.807) is 18.2 Å². The zero-order valence-electron chi connectivity index (χ0n) is 9.32. The molecule has 1 aliphatic heterocycles. The van der Waals surface area contributed by atoms with Crippen molar-refractivity contribution in [1.29, 1.82) is 0 Å². The summed E-state index contributed by atoms with van der Waals surface area (Å²) in [5.74, 6) is 0.183.